The number of benzene rings is 2. The maximum absolute atomic E-state index is 13.9. The summed E-state index contributed by atoms with van der Waals surface area (Å²) in [4.78, 5) is 26.3. The summed E-state index contributed by atoms with van der Waals surface area (Å²) in [5.41, 5.74) is 0.999. The topological polar surface area (TPSA) is 49.4 Å². The lowest BCUT2D eigenvalue weighted by atomic mass is 9.93. The standard InChI is InChI=1S/C18H16BrFN2O2/c1-22-16(23)10-13(17(22)11-5-3-2-4-6-11)18(24)21-15-8-7-12(19)9-14(15)20/h2-9,13,17H,10H2,1H3,(H,21,24)/t13-,17+/m0/s1. The molecule has 6 heteroatoms. The van der Waals surface area contributed by atoms with E-state index in [0.29, 0.717) is 4.47 Å². The number of carbonyl (C=O) groups is 2. The average molecular weight is 391 g/mol. The summed E-state index contributed by atoms with van der Waals surface area (Å²) < 4.78 is 14.5. The van der Waals surface area contributed by atoms with Crippen LogP contribution in [-0.4, -0.2) is 23.8 Å². The molecule has 0 spiro atoms. The van der Waals surface area contributed by atoms with Crippen LogP contribution < -0.4 is 5.32 Å². The van der Waals surface area contributed by atoms with E-state index in [2.05, 4.69) is 21.2 Å². The van der Waals surface area contributed by atoms with Gasteiger partial charge in [0.25, 0.3) is 0 Å². The van der Waals surface area contributed by atoms with Crippen LogP contribution in [0.2, 0.25) is 0 Å². The van der Waals surface area contributed by atoms with Crippen molar-refractivity contribution in [2.75, 3.05) is 12.4 Å². The van der Waals surface area contributed by atoms with Crippen molar-refractivity contribution in [3.05, 3.63) is 64.4 Å². The van der Waals surface area contributed by atoms with Crippen molar-refractivity contribution < 1.29 is 14.0 Å². The first-order valence-corrected chi connectivity index (χ1v) is 8.33. The normalized spacial score (nSPS) is 20.3. The molecular formula is C18H16BrFN2O2. The monoisotopic (exact) mass is 390 g/mol. The minimum Gasteiger partial charge on any atom is -0.338 e. The van der Waals surface area contributed by atoms with Gasteiger partial charge in [-0.15, -0.1) is 0 Å². The van der Waals surface area contributed by atoms with Crippen LogP contribution in [0.4, 0.5) is 10.1 Å². The summed E-state index contributed by atoms with van der Waals surface area (Å²) in [5, 5.41) is 2.61. The zero-order valence-corrected chi connectivity index (χ0v) is 14.6. The number of anilines is 1. The van der Waals surface area contributed by atoms with Crippen LogP contribution in [0.1, 0.15) is 18.0 Å². The van der Waals surface area contributed by atoms with Crippen LogP contribution >= 0.6 is 15.9 Å². The molecule has 2 amide bonds. The minimum atomic E-state index is -0.562. The predicted octanol–water partition coefficient (Wildman–Crippen LogP) is 3.75. The van der Waals surface area contributed by atoms with Gasteiger partial charge in [-0.1, -0.05) is 46.3 Å². The van der Waals surface area contributed by atoms with Crippen LogP contribution in [0, 0.1) is 11.7 Å². The smallest absolute Gasteiger partial charge is 0.230 e. The van der Waals surface area contributed by atoms with Crippen molar-refractivity contribution in [1.29, 1.82) is 0 Å². The van der Waals surface area contributed by atoms with Crippen LogP contribution in [-0.2, 0) is 9.59 Å². The lowest BCUT2D eigenvalue weighted by Gasteiger charge is -2.25. The van der Waals surface area contributed by atoms with E-state index in [1.165, 1.54) is 12.1 Å². The summed E-state index contributed by atoms with van der Waals surface area (Å²) in [6.45, 7) is 0. The molecule has 2 aromatic carbocycles. The Morgan fingerprint density at radius 2 is 1.96 bits per heavy atom. The molecule has 24 heavy (non-hydrogen) atoms. The molecule has 1 heterocycles. The highest BCUT2D eigenvalue weighted by Crippen LogP contribution is 2.37. The number of halogens is 2. The number of likely N-dealkylation sites (tertiary alicyclic amines) is 1. The van der Waals surface area contributed by atoms with Gasteiger partial charge in [0.2, 0.25) is 11.8 Å². The number of nitrogens with one attached hydrogen (secondary N) is 1. The van der Waals surface area contributed by atoms with Crippen LogP contribution in [0.15, 0.2) is 53.0 Å². The second-order valence-electron chi connectivity index (χ2n) is 5.78. The zero-order chi connectivity index (χ0) is 17.3. The van der Waals surface area contributed by atoms with E-state index < -0.39 is 11.7 Å². The molecule has 1 aliphatic rings. The molecule has 1 fully saturated rings. The fourth-order valence-electron chi connectivity index (χ4n) is 3.03. The molecule has 0 aromatic heterocycles. The Balaban J connectivity index is 1.86. The van der Waals surface area contributed by atoms with Gasteiger partial charge in [-0.25, -0.2) is 4.39 Å². The van der Waals surface area contributed by atoms with Gasteiger partial charge in [0.1, 0.15) is 5.82 Å². The van der Waals surface area contributed by atoms with E-state index in [1.54, 1.807) is 18.0 Å². The quantitative estimate of drug-likeness (QED) is 0.867. The Hall–Kier alpha value is -2.21. The fraction of sp³-hybridized carbons (Fsp3) is 0.222. The molecule has 2 aromatic rings. The molecule has 124 valence electrons. The van der Waals surface area contributed by atoms with Gasteiger partial charge in [0, 0.05) is 17.9 Å². The Labute approximate surface area is 147 Å². The minimum absolute atomic E-state index is 0.0970. The van der Waals surface area contributed by atoms with Gasteiger partial charge < -0.3 is 10.2 Å². The molecule has 1 N–H and O–H groups in total. The number of nitrogens with zero attached hydrogens (tertiary/aromatic N) is 1. The SMILES string of the molecule is CN1C(=O)C[C@H](C(=O)Nc2ccc(Br)cc2F)[C@H]1c1ccccc1. The fourth-order valence-corrected chi connectivity index (χ4v) is 3.36. The maximum atomic E-state index is 13.9. The van der Waals surface area contributed by atoms with E-state index in [-0.39, 0.29) is 30.0 Å². The first-order valence-electron chi connectivity index (χ1n) is 7.54. The van der Waals surface area contributed by atoms with Crippen molar-refractivity contribution in [2.45, 2.75) is 12.5 Å². The van der Waals surface area contributed by atoms with Crippen molar-refractivity contribution in [3.63, 3.8) is 0 Å². The summed E-state index contributed by atoms with van der Waals surface area (Å²) in [7, 11) is 1.69. The third kappa shape index (κ3) is 3.19. The van der Waals surface area contributed by atoms with Gasteiger partial charge in [-0.3, -0.25) is 9.59 Å². The van der Waals surface area contributed by atoms with Gasteiger partial charge in [-0.2, -0.15) is 0 Å². The highest BCUT2D eigenvalue weighted by atomic mass is 79.9. The van der Waals surface area contributed by atoms with E-state index in [4.69, 9.17) is 0 Å². The molecule has 0 radical (unpaired) electrons. The molecule has 0 bridgehead atoms. The van der Waals surface area contributed by atoms with Gasteiger partial charge in [0.05, 0.1) is 17.6 Å². The lowest BCUT2D eigenvalue weighted by Crippen LogP contribution is -2.30. The zero-order valence-electron chi connectivity index (χ0n) is 13.0. The molecule has 3 rings (SSSR count). The van der Waals surface area contributed by atoms with Gasteiger partial charge in [0.15, 0.2) is 0 Å². The highest BCUT2D eigenvalue weighted by Gasteiger charge is 2.42. The number of hydrogen-bond acceptors (Lipinski definition) is 2. The summed E-state index contributed by atoms with van der Waals surface area (Å²) in [6, 6.07) is 13.5. The Bertz CT molecular complexity index is 782. The Kier molecular flexibility index (Phi) is 4.66. The lowest BCUT2D eigenvalue weighted by molar-refractivity contribution is -0.127. The Morgan fingerprint density at radius 1 is 1.25 bits per heavy atom. The molecule has 0 saturated carbocycles. The number of amides is 2. The van der Waals surface area contributed by atoms with Crippen molar-refractivity contribution >= 4 is 33.4 Å². The molecule has 0 unspecified atom stereocenters. The van der Waals surface area contributed by atoms with Gasteiger partial charge in [-0.05, 0) is 23.8 Å². The summed E-state index contributed by atoms with van der Waals surface area (Å²) in [6.07, 6.45) is 0.111. The molecule has 1 aliphatic heterocycles. The van der Waals surface area contributed by atoms with E-state index in [1.807, 2.05) is 30.3 Å². The third-order valence-electron chi connectivity index (χ3n) is 4.25. The van der Waals surface area contributed by atoms with Gasteiger partial charge >= 0.3 is 0 Å². The van der Waals surface area contributed by atoms with Crippen LogP contribution in [0.25, 0.3) is 0 Å². The first-order chi connectivity index (χ1) is 11.5. The predicted molar refractivity (Wildman–Crippen MR) is 92.8 cm³/mol. The highest BCUT2D eigenvalue weighted by molar-refractivity contribution is 9.10. The van der Waals surface area contributed by atoms with E-state index >= 15 is 0 Å². The molecule has 0 aliphatic carbocycles. The Morgan fingerprint density at radius 3 is 2.62 bits per heavy atom. The second-order valence-corrected chi connectivity index (χ2v) is 6.70. The van der Waals surface area contributed by atoms with Crippen LogP contribution in [0.5, 0.6) is 0 Å². The molecule has 2 atom stereocenters. The summed E-state index contributed by atoms with van der Waals surface area (Å²) in [5.74, 6) is -1.54. The molecule has 1 saturated heterocycles. The largest absolute Gasteiger partial charge is 0.338 e. The molecular weight excluding hydrogens is 375 g/mol. The number of carbonyl (C=O) groups excluding carboxylic acids is 2. The summed E-state index contributed by atoms with van der Waals surface area (Å²) >= 11 is 3.18. The van der Waals surface area contributed by atoms with Crippen molar-refractivity contribution in [3.8, 4) is 0 Å². The molecule has 4 nitrogen and oxygen atoms in total. The average Bonchev–Trinajstić information content (AvgIpc) is 2.86. The second kappa shape index (κ2) is 6.73. The number of hydrogen-bond donors (Lipinski definition) is 1. The van der Waals surface area contributed by atoms with Crippen LogP contribution in [0.3, 0.4) is 0 Å². The van der Waals surface area contributed by atoms with Crippen molar-refractivity contribution in [2.24, 2.45) is 5.92 Å². The number of rotatable bonds is 3. The maximum Gasteiger partial charge on any atom is 0.230 e. The third-order valence-corrected chi connectivity index (χ3v) is 4.75. The van der Waals surface area contributed by atoms with Crippen molar-refractivity contribution in [1.82, 2.24) is 4.90 Å². The van der Waals surface area contributed by atoms with E-state index in [9.17, 15) is 14.0 Å². The van der Waals surface area contributed by atoms with E-state index in [0.717, 1.165) is 5.56 Å². The first kappa shape index (κ1) is 16.6.